The van der Waals surface area contributed by atoms with E-state index in [1.165, 1.54) is 28.0 Å². The number of carboxylic acids is 1. The van der Waals surface area contributed by atoms with Crippen LogP contribution in [0.1, 0.15) is 34.2 Å². The minimum Gasteiger partial charge on any atom is -0.480 e. The van der Waals surface area contributed by atoms with Crippen LogP contribution in [0.25, 0.3) is 0 Å². The molecule has 0 radical (unpaired) electrons. The Kier molecular flexibility index (Phi) is 4.39. The first-order valence-corrected chi connectivity index (χ1v) is 8.30. The number of hydrogen-bond donors (Lipinski definition) is 1. The summed E-state index contributed by atoms with van der Waals surface area (Å²) in [5, 5.41) is 10.1. The molecule has 1 fully saturated rings. The molecule has 0 aromatic carbocycles. The zero-order valence-electron chi connectivity index (χ0n) is 11.9. The molecule has 2 atom stereocenters. The normalized spacial score (nSPS) is 22.6. The Morgan fingerprint density at radius 1 is 1.40 bits per heavy atom. The van der Waals surface area contributed by atoms with Crippen LogP contribution in [-0.4, -0.2) is 44.0 Å². The first-order chi connectivity index (χ1) is 9.32. The van der Waals surface area contributed by atoms with Crippen molar-refractivity contribution in [2.45, 2.75) is 39.1 Å². The Labute approximate surface area is 126 Å². The quantitative estimate of drug-likeness (QED) is 0.927. The zero-order valence-corrected chi connectivity index (χ0v) is 13.5. The third-order valence-electron chi connectivity index (χ3n) is 3.22. The molecule has 0 bridgehead atoms. The van der Waals surface area contributed by atoms with E-state index in [-0.39, 0.29) is 17.2 Å². The van der Waals surface area contributed by atoms with Crippen molar-refractivity contribution in [1.82, 2.24) is 9.88 Å². The van der Waals surface area contributed by atoms with Crippen molar-refractivity contribution in [3.63, 3.8) is 0 Å². The molecule has 0 spiro atoms. The van der Waals surface area contributed by atoms with Crippen LogP contribution in [0.2, 0.25) is 0 Å². The second kappa shape index (κ2) is 5.73. The standard InChI is InChI=1S/C13H18N2O3S2/c1-6(2)12-15(9(5-19-12)13(17)18)11(16)10-7(3)14-8(4)20-10/h6,9,12H,5H2,1-4H3,(H,17,18). The van der Waals surface area contributed by atoms with Gasteiger partial charge >= 0.3 is 5.97 Å². The fourth-order valence-corrected chi connectivity index (χ4v) is 4.67. The van der Waals surface area contributed by atoms with E-state index in [1.54, 1.807) is 6.92 Å². The molecule has 1 N–H and O–H groups in total. The van der Waals surface area contributed by atoms with Crippen LogP contribution in [0.3, 0.4) is 0 Å². The Morgan fingerprint density at radius 3 is 2.50 bits per heavy atom. The predicted molar refractivity (Wildman–Crippen MR) is 80.3 cm³/mol. The summed E-state index contributed by atoms with van der Waals surface area (Å²) >= 11 is 2.87. The molecule has 5 nitrogen and oxygen atoms in total. The summed E-state index contributed by atoms with van der Waals surface area (Å²) in [6.45, 7) is 7.65. The Hall–Kier alpha value is -1.08. The zero-order chi connectivity index (χ0) is 15.0. The maximum atomic E-state index is 12.7. The van der Waals surface area contributed by atoms with E-state index in [0.717, 1.165) is 5.01 Å². The van der Waals surface area contributed by atoms with Gasteiger partial charge in [-0.3, -0.25) is 4.79 Å². The monoisotopic (exact) mass is 314 g/mol. The lowest BCUT2D eigenvalue weighted by Crippen LogP contribution is -2.47. The van der Waals surface area contributed by atoms with Gasteiger partial charge in [-0.05, 0) is 19.8 Å². The minimum absolute atomic E-state index is 0.0922. The van der Waals surface area contributed by atoms with E-state index in [2.05, 4.69) is 4.98 Å². The molecule has 110 valence electrons. The van der Waals surface area contributed by atoms with Crippen molar-refractivity contribution >= 4 is 35.0 Å². The third-order valence-corrected chi connectivity index (χ3v) is 5.90. The highest BCUT2D eigenvalue weighted by Gasteiger charge is 2.43. The number of nitrogens with zero attached hydrogens (tertiary/aromatic N) is 2. The fraction of sp³-hybridized carbons (Fsp3) is 0.615. The number of carboxylic acid groups (broad SMARTS) is 1. The highest BCUT2D eigenvalue weighted by Crippen LogP contribution is 2.36. The number of amides is 1. The van der Waals surface area contributed by atoms with Gasteiger partial charge in [0, 0.05) is 5.75 Å². The molecule has 2 rings (SSSR count). The average molecular weight is 314 g/mol. The summed E-state index contributed by atoms with van der Waals surface area (Å²) in [6, 6.07) is -0.748. The lowest BCUT2D eigenvalue weighted by atomic mass is 10.1. The van der Waals surface area contributed by atoms with Crippen molar-refractivity contribution < 1.29 is 14.7 Å². The van der Waals surface area contributed by atoms with E-state index in [4.69, 9.17) is 0 Å². The number of carbonyl (C=O) groups excluding carboxylic acids is 1. The van der Waals surface area contributed by atoms with E-state index >= 15 is 0 Å². The molecular formula is C13H18N2O3S2. The number of thiazole rings is 1. The van der Waals surface area contributed by atoms with Crippen LogP contribution in [0.4, 0.5) is 0 Å². The predicted octanol–water partition coefficient (Wildman–Crippen LogP) is 2.38. The Bertz CT molecular complexity index is 542. The van der Waals surface area contributed by atoms with Crippen molar-refractivity contribution in [3.05, 3.63) is 15.6 Å². The fourth-order valence-electron chi connectivity index (χ4n) is 2.34. The van der Waals surface area contributed by atoms with Gasteiger partial charge in [0.25, 0.3) is 5.91 Å². The summed E-state index contributed by atoms with van der Waals surface area (Å²) in [5.41, 5.74) is 0.682. The van der Waals surface area contributed by atoms with Crippen molar-refractivity contribution in [2.75, 3.05) is 5.75 Å². The van der Waals surface area contributed by atoms with E-state index in [9.17, 15) is 14.7 Å². The van der Waals surface area contributed by atoms with E-state index in [1.807, 2.05) is 20.8 Å². The number of carbonyl (C=O) groups is 2. The summed E-state index contributed by atoms with van der Waals surface area (Å²) in [4.78, 5) is 30.5. The van der Waals surface area contributed by atoms with Gasteiger partial charge in [-0.2, -0.15) is 0 Å². The third kappa shape index (κ3) is 2.69. The van der Waals surface area contributed by atoms with Crippen LogP contribution in [0, 0.1) is 19.8 Å². The molecule has 1 aromatic heterocycles. The van der Waals surface area contributed by atoms with Gasteiger partial charge in [0.1, 0.15) is 10.9 Å². The molecule has 1 aromatic rings. The summed E-state index contributed by atoms with van der Waals surface area (Å²) in [7, 11) is 0. The molecule has 2 unspecified atom stereocenters. The molecule has 0 saturated carbocycles. The Morgan fingerprint density at radius 2 is 2.05 bits per heavy atom. The number of rotatable bonds is 3. The lowest BCUT2D eigenvalue weighted by molar-refractivity contribution is -0.141. The Balaban J connectivity index is 2.37. The SMILES string of the molecule is Cc1nc(C)c(C(=O)N2C(C(=O)O)CSC2C(C)C)s1. The van der Waals surface area contributed by atoms with Crippen LogP contribution >= 0.6 is 23.1 Å². The van der Waals surface area contributed by atoms with Crippen LogP contribution in [0.15, 0.2) is 0 Å². The first-order valence-electron chi connectivity index (χ1n) is 6.44. The number of aryl methyl sites for hydroxylation is 2. The molecule has 20 heavy (non-hydrogen) atoms. The topological polar surface area (TPSA) is 70.5 Å². The molecule has 1 amide bonds. The van der Waals surface area contributed by atoms with E-state index < -0.39 is 12.0 Å². The second-order valence-corrected chi connectivity index (χ2v) is 7.53. The van der Waals surface area contributed by atoms with Gasteiger partial charge in [-0.25, -0.2) is 9.78 Å². The van der Waals surface area contributed by atoms with Crippen molar-refractivity contribution in [3.8, 4) is 0 Å². The molecule has 0 aliphatic carbocycles. The van der Waals surface area contributed by atoms with Crippen molar-refractivity contribution in [1.29, 1.82) is 0 Å². The molecule has 7 heteroatoms. The van der Waals surface area contributed by atoms with Gasteiger partial charge in [0.2, 0.25) is 0 Å². The largest absolute Gasteiger partial charge is 0.480 e. The molecule has 1 saturated heterocycles. The van der Waals surface area contributed by atoms with Gasteiger partial charge < -0.3 is 10.0 Å². The summed E-state index contributed by atoms with van der Waals surface area (Å²) < 4.78 is 0. The molecular weight excluding hydrogens is 296 g/mol. The van der Waals surface area contributed by atoms with Gasteiger partial charge in [-0.1, -0.05) is 13.8 Å². The highest BCUT2D eigenvalue weighted by molar-refractivity contribution is 8.00. The van der Waals surface area contributed by atoms with Crippen LogP contribution in [-0.2, 0) is 4.79 Å². The van der Waals surface area contributed by atoms with Gasteiger partial charge in [-0.15, -0.1) is 23.1 Å². The number of hydrogen-bond acceptors (Lipinski definition) is 5. The summed E-state index contributed by atoms with van der Waals surface area (Å²) in [5.74, 6) is -0.486. The molecule has 1 aliphatic rings. The second-order valence-electron chi connectivity index (χ2n) is 5.18. The molecule has 2 heterocycles. The minimum atomic E-state index is -0.937. The molecule has 1 aliphatic heterocycles. The van der Waals surface area contributed by atoms with Crippen LogP contribution < -0.4 is 0 Å². The lowest BCUT2D eigenvalue weighted by Gasteiger charge is -2.29. The van der Waals surface area contributed by atoms with E-state index in [0.29, 0.717) is 16.3 Å². The maximum absolute atomic E-state index is 12.7. The maximum Gasteiger partial charge on any atom is 0.327 e. The number of aliphatic carboxylic acids is 1. The number of thioether (sulfide) groups is 1. The van der Waals surface area contributed by atoms with Crippen molar-refractivity contribution in [2.24, 2.45) is 5.92 Å². The smallest absolute Gasteiger partial charge is 0.327 e. The highest BCUT2D eigenvalue weighted by atomic mass is 32.2. The average Bonchev–Trinajstić information content (AvgIpc) is 2.91. The van der Waals surface area contributed by atoms with Gasteiger partial charge in [0.15, 0.2) is 0 Å². The first kappa shape index (κ1) is 15.3. The summed E-state index contributed by atoms with van der Waals surface area (Å²) in [6.07, 6.45) is 0. The number of aromatic nitrogens is 1. The van der Waals surface area contributed by atoms with Gasteiger partial charge in [0.05, 0.1) is 16.1 Å². The van der Waals surface area contributed by atoms with Crippen LogP contribution in [0.5, 0.6) is 0 Å².